The maximum Gasteiger partial charge on any atom is 0.167 e. The molecule has 1 fully saturated rings. The van der Waals surface area contributed by atoms with E-state index in [4.69, 9.17) is 26.7 Å². The summed E-state index contributed by atoms with van der Waals surface area (Å²) < 4.78 is 13.4. The van der Waals surface area contributed by atoms with E-state index in [1.54, 1.807) is 23.1 Å². The Morgan fingerprint density at radius 1 is 1.21 bits per heavy atom. The van der Waals surface area contributed by atoms with Gasteiger partial charge in [0.1, 0.15) is 15.3 Å². The number of anilines is 1. The number of morpholine rings is 1. The summed E-state index contributed by atoms with van der Waals surface area (Å²) in [6, 6.07) is 0. The molecule has 28 heavy (non-hydrogen) atoms. The lowest BCUT2D eigenvalue weighted by Crippen LogP contribution is -2.39. The number of H-pyrrole nitrogens is 1. The summed E-state index contributed by atoms with van der Waals surface area (Å²) in [7, 11) is 0. The Morgan fingerprint density at radius 3 is 2.75 bits per heavy atom. The molecule has 0 aliphatic carbocycles. The van der Waals surface area contributed by atoms with Crippen LogP contribution in [0.1, 0.15) is 25.0 Å². The molecule has 3 aromatic rings. The fraction of sp³-hybridized carbons (Fsp3) is 0.526. The van der Waals surface area contributed by atoms with Crippen molar-refractivity contribution in [3.8, 4) is 0 Å². The summed E-state index contributed by atoms with van der Waals surface area (Å²) >= 11 is 8.81. The number of rotatable bonds is 2. The average molecular weight is 435 g/mol. The minimum Gasteiger partial charge on any atom is -0.378 e. The summed E-state index contributed by atoms with van der Waals surface area (Å²) in [6.45, 7) is 8.07. The first-order valence-electron chi connectivity index (χ1n) is 9.36. The van der Waals surface area contributed by atoms with E-state index in [-0.39, 0.29) is 5.60 Å². The molecule has 0 radical (unpaired) electrons. The fourth-order valence-corrected chi connectivity index (χ4v) is 5.80. The molecule has 5 heterocycles. The Hall–Kier alpha value is -1.26. The van der Waals surface area contributed by atoms with E-state index in [1.807, 2.05) is 6.26 Å². The van der Waals surface area contributed by atoms with Crippen molar-refractivity contribution in [1.29, 1.82) is 0 Å². The number of aromatic amines is 1. The minimum absolute atomic E-state index is 0.204. The minimum atomic E-state index is -0.204. The van der Waals surface area contributed by atoms with Crippen molar-refractivity contribution < 1.29 is 9.47 Å². The number of hydrogen-bond acceptors (Lipinski definition) is 8. The molecule has 1 saturated heterocycles. The van der Waals surface area contributed by atoms with Gasteiger partial charge < -0.3 is 19.4 Å². The van der Waals surface area contributed by atoms with Gasteiger partial charge in [-0.3, -0.25) is 0 Å². The van der Waals surface area contributed by atoms with Crippen LogP contribution in [-0.2, 0) is 22.5 Å². The van der Waals surface area contributed by atoms with Crippen LogP contribution in [-0.4, -0.2) is 53.1 Å². The normalized spacial score (nSPS) is 19.3. The molecular formula is C19H22N4O2S3. The molecule has 0 atom stereocenters. The Bertz CT molecular complexity index is 1130. The largest absolute Gasteiger partial charge is 0.378 e. The van der Waals surface area contributed by atoms with E-state index < -0.39 is 0 Å². The molecule has 0 saturated carbocycles. The van der Waals surface area contributed by atoms with Gasteiger partial charge in [-0.15, -0.1) is 11.3 Å². The van der Waals surface area contributed by atoms with Crippen molar-refractivity contribution in [2.75, 3.05) is 37.5 Å². The molecule has 0 bridgehead atoms. The summed E-state index contributed by atoms with van der Waals surface area (Å²) in [5.41, 5.74) is 3.40. The maximum atomic E-state index is 6.19. The summed E-state index contributed by atoms with van der Waals surface area (Å²) in [5.74, 6) is 1.04. The topological polar surface area (TPSA) is 63.3 Å². The van der Waals surface area contributed by atoms with Gasteiger partial charge in [-0.1, -0.05) is 24.0 Å². The number of ether oxygens (including phenoxy) is 2. The highest BCUT2D eigenvalue weighted by Crippen LogP contribution is 2.43. The van der Waals surface area contributed by atoms with Gasteiger partial charge in [0.15, 0.2) is 5.16 Å². The molecule has 0 aromatic carbocycles. The van der Waals surface area contributed by atoms with Crippen LogP contribution in [0.2, 0.25) is 0 Å². The Morgan fingerprint density at radius 2 is 2.00 bits per heavy atom. The molecule has 5 rings (SSSR count). The van der Waals surface area contributed by atoms with E-state index in [1.165, 1.54) is 16.5 Å². The van der Waals surface area contributed by atoms with Gasteiger partial charge in [0.2, 0.25) is 0 Å². The van der Waals surface area contributed by atoms with Gasteiger partial charge in [0.25, 0.3) is 0 Å². The number of thiophene rings is 1. The first-order valence-corrected chi connectivity index (χ1v) is 11.8. The van der Waals surface area contributed by atoms with Crippen molar-refractivity contribution in [1.82, 2.24) is 15.0 Å². The first-order chi connectivity index (χ1) is 13.5. The van der Waals surface area contributed by atoms with Crippen LogP contribution in [0, 0.1) is 4.64 Å². The Balaban J connectivity index is 1.84. The second-order valence-electron chi connectivity index (χ2n) is 7.75. The summed E-state index contributed by atoms with van der Waals surface area (Å²) in [4.78, 5) is 16.5. The molecule has 6 nitrogen and oxygen atoms in total. The maximum absolute atomic E-state index is 6.19. The van der Waals surface area contributed by atoms with E-state index >= 15 is 0 Å². The highest BCUT2D eigenvalue weighted by Gasteiger charge is 2.33. The lowest BCUT2D eigenvalue weighted by molar-refractivity contribution is -0.0396. The molecule has 1 N–H and O–H groups in total. The number of fused-ring (bicyclic) bond motifs is 5. The molecule has 3 aromatic heterocycles. The smallest absolute Gasteiger partial charge is 0.167 e. The summed E-state index contributed by atoms with van der Waals surface area (Å²) in [6.07, 6.45) is 2.86. The zero-order chi connectivity index (χ0) is 19.5. The third-order valence-corrected chi connectivity index (χ3v) is 7.47. The first kappa shape index (κ1) is 18.7. The predicted octanol–water partition coefficient (Wildman–Crippen LogP) is 4.31. The Labute approximate surface area is 176 Å². The molecular weight excluding hydrogens is 412 g/mol. The Kier molecular flexibility index (Phi) is 4.63. The van der Waals surface area contributed by atoms with E-state index in [2.05, 4.69) is 28.7 Å². The van der Waals surface area contributed by atoms with Crippen molar-refractivity contribution in [2.45, 2.75) is 37.6 Å². The molecule has 2 aliphatic rings. The average Bonchev–Trinajstić information content (AvgIpc) is 3.06. The lowest BCUT2D eigenvalue weighted by atomic mass is 9.90. The number of hydrogen-bond donors (Lipinski definition) is 1. The van der Waals surface area contributed by atoms with E-state index in [9.17, 15) is 0 Å². The molecule has 0 unspecified atom stereocenters. The van der Waals surface area contributed by atoms with Crippen LogP contribution in [0.4, 0.5) is 5.82 Å². The standard InChI is InChI=1S/C19H22N4O2S3/c1-19(2)8-10-11(9-25-19)15(23-4-6-24-7-5-23)21-17-12(10)13-14(28-17)16(26)22-18(20-13)27-3/h4-9H2,1-3H3,(H,20,22,26). The van der Waals surface area contributed by atoms with E-state index in [0.29, 0.717) is 11.2 Å². The van der Waals surface area contributed by atoms with Gasteiger partial charge in [0, 0.05) is 30.5 Å². The van der Waals surface area contributed by atoms with Crippen molar-refractivity contribution >= 4 is 61.6 Å². The van der Waals surface area contributed by atoms with Gasteiger partial charge >= 0.3 is 0 Å². The van der Waals surface area contributed by atoms with Crippen LogP contribution in [0.25, 0.3) is 20.4 Å². The van der Waals surface area contributed by atoms with Crippen LogP contribution >= 0.6 is 35.3 Å². The van der Waals surface area contributed by atoms with Gasteiger partial charge in [-0.05, 0) is 25.7 Å². The molecule has 148 valence electrons. The van der Waals surface area contributed by atoms with Gasteiger partial charge in [0.05, 0.1) is 35.6 Å². The fourth-order valence-electron chi connectivity index (χ4n) is 4.00. The lowest BCUT2D eigenvalue weighted by Gasteiger charge is -2.36. The summed E-state index contributed by atoms with van der Waals surface area (Å²) in [5, 5.41) is 2.03. The second-order valence-corrected chi connectivity index (χ2v) is 9.94. The third-order valence-electron chi connectivity index (χ3n) is 5.38. The SMILES string of the molecule is CSc1nc(=S)c2sc3nc(N4CCOCC4)c4c(c3c2[nH]1)CC(C)(C)OC4. The van der Waals surface area contributed by atoms with Crippen LogP contribution in [0.15, 0.2) is 5.16 Å². The monoisotopic (exact) mass is 434 g/mol. The number of thioether (sulfide) groups is 1. The molecule has 0 spiro atoms. The van der Waals surface area contributed by atoms with E-state index in [0.717, 1.165) is 58.7 Å². The van der Waals surface area contributed by atoms with Crippen LogP contribution < -0.4 is 4.90 Å². The second kappa shape index (κ2) is 6.91. The highest BCUT2D eigenvalue weighted by atomic mass is 32.2. The van der Waals surface area contributed by atoms with Crippen molar-refractivity contribution in [3.05, 3.63) is 15.8 Å². The molecule has 9 heteroatoms. The van der Waals surface area contributed by atoms with Crippen molar-refractivity contribution in [3.63, 3.8) is 0 Å². The van der Waals surface area contributed by atoms with Crippen LogP contribution in [0.5, 0.6) is 0 Å². The number of nitrogens with one attached hydrogen (secondary N) is 1. The zero-order valence-corrected chi connectivity index (χ0v) is 18.6. The molecule has 2 aliphatic heterocycles. The van der Waals surface area contributed by atoms with Gasteiger partial charge in [-0.2, -0.15) is 0 Å². The molecule has 0 amide bonds. The number of pyridine rings is 1. The zero-order valence-electron chi connectivity index (χ0n) is 16.1. The number of nitrogens with zero attached hydrogens (tertiary/aromatic N) is 3. The highest BCUT2D eigenvalue weighted by molar-refractivity contribution is 7.98. The quantitative estimate of drug-likeness (QED) is 0.366. The van der Waals surface area contributed by atoms with Gasteiger partial charge in [-0.25, -0.2) is 9.97 Å². The third kappa shape index (κ3) is 3.04. The van der Waals surface area contributed by atoms with Crippen molar-refractivity contribution in [2.24, 2.45) is 0 Å². The predicted molar refractivity (Wildman–Crippen MR) is 117 cm³/mol. The van der Waals surface area contributed by atoms with Crippen LogP contribution in [0.3, 0.4) is 0 Å². The number of aromatic nitrogens is 3.